The lowest BCUT2D eigenvalue weighted by molar-refractivity contribution is -0.384. The van der Waals surface area contributed by atoms with Gasteiger partial charge in [0, 0.05) is 24.8 Å². The lowest BCUT2D eigenvalue weighted by Gasteiger charge is -2.05. The number of carbonyl (C=O) groups is 1. The molecular formula is C20H17N3O4S. The van der Waals surface area contributed by atoms with Crippen LogP contribution in [-0.4, -0.2) is 22.5 Å². The highest BCUT2D eigenvalue weighted by Gasteiger charge is 2.11. The maximum Gasteiger partial charge on any atom is 0.272 e. The third kappa shape index (κ3) is 4.07. The van der Waals surface area contributed by atoms with E-state index in [1.165, 1.54) is 29.5 Å². The fourth-order valence-electron chi connectivity index (χ4n) is 2.65. The number of amides is 1. The monoisotopic (exact) mass is 395 g/mol. The number of ether oxygens (including phenoxy) is 1. The lowest BCUT2D eigenvalue weighted by Crippen LogP contribution is -2.15. The van der Waals surface area contributed by atoms with Crippen LogP contribution in [0.15, 0.2) is 66.2 Å². The fourth-order valence-corrected chi connectivity index (χ4v) is 3.71. The highest BCUT2D eigenvalue weighted by molar-refractivity contribution is 7.16. The molecule has 3 aromatic rings. The van der Waals surface area contributed by atoms with Gasteiger partial charge in [-0.15, -0.1) is 6.58 Å². The molecule has 0 saturated heterocycles. The highest BCUT2D eigenvalue weighted by atomic mass is 32.1. The van der Waals surface area contributed by atoms with E-state index in [-0.39, 0.29) is 5.69 Å². The van der Waals surface area contributed by atoms with Gasteiger partial charge < -0.3 is 9.30 Å². The maximum atomic E-state index is 12.3. The number of nitrogens with zero attached hydrogens (tertiary/aromatic N) is 3. The van der Waals surface area contributed by atoms with E-state index in [9.17, 15) is 14.9 Å². The molecule has 0 saturated carbocycles. The van der Waals surface area contributed by atoms with Crippen molar-refractivity contribution in [2.75, 3.05) is 7.11 Å². The van der Waals surface area contributed by atoms with Crippen molar-refractivity contribution in [1.29, 1.82) is 0 Å². The van der Waals surface area contributed by atoms with Crippen molar-refractivity contribution in [2.45, 2.75) is 6.54 Å². The van der Waals surface area contributed by atoms with Crippen molar-refractivity contribution in [3.8, 4) is 5.75 Å². The largest absolute Gasteiger partial charge is 0.495 e. The zero-order valence-corrected chi connectivity index (χ0v) is 15.9. The molecule has 0 spiro atoms. The Kier molecular flexibility index (Phi) is 5.81. The predicted molar refractivity (Wildman–Crippen MR) is 109 cm³/mol. The van der Waals surface area contributed by atoms with Crippen molar-refractivity contribution in [2.24, 2.45) is 4.99 Å². The van der Waals surface area contributed by atoms with Gasteiger partial charge in [-0.1, -0.05) is 23.5 Å². The molecule has 2 aromatic carbocycles. The minimum atomic E-state index is -0.470. The first kappa shape index (κ1) is 19.2. The molecule has 0 aliphatic heterocycles. The number of aromatic nitrogens is 1. The Morgan fingerprint density at radius 1 is 1.32 bits per heavy atom. The maximum absolute atomic E-state index is 12.3. The number of hydrogen-bond donors (Lipinski definition) is 0. The Morgan fingerprint density at radius 2 is 2.07 bits per heavy atom. The molecule has 28 heavy (non-hydrogen) atoms. The van der Waals surface area contributed by atoms with Crippen molar-refractivity contribution in [1.82, 2.24) is 4.57 Å². The van der Waals surface area contributed by atoms with Gasteiger partial charge >= 0.3 is 0 Å². The molecule has 0 radical (unpaired) electrons. The summed E-state index contributed by atoms with van der Waals surface area (Å²) in [7, 11) is 1.60. The van der Waals surface area contributed by atoms with E-state index >= 15 is 0 Å². The number of benzene rings is 2. The van der Waals surface area contributed by atoms with Crippen LogP contribution in [0.2, 0.25) is 0 Å². The van der Waals surface area contributed by atoms with Crippen LogP contribution in [0.3, 0.4) is 0 Å². The number of methoxy groups -OCH3 is 1. The average Bonchev–Trinajstić information content (AvgIpc) is 3.04. The number of para-hydroxylation sites is 1. The Labute approximate surface area is 164 Å². The van der Waals surface area contributed by atoms with Gasteiger partial charge in [-0.05, 0) is 35.9 Å². The molecule has 3 rings (SSSR count). The highest BCUT2D eigenvalue weighted by Crippen LogP contribution is 2.27. The molecule has 0 aliphatic rings. The van der Waals surface area contributed by atoms with Crippen LogP contribution < -0.4 is 9.54 Å². The summed E-state index contributed by atoms with van der Waals surface area (Å²) in [5, 5.41) is 10.7. The Morgan fingerprint density at radius 3 is 2.71 bits per heavy atom. The summed E-state index contributed by atoms with van der Waals surface area (Å²) in [5.41, 5.74) is 1.53. The first-order valence-corrected chi connectivity index (χ1v) is 9.13. The van der Waals surface area contributed by atoms with Gasteiger partial charge in [0.15, 0.2) is 4.80 Å². The van der Waals surface area contributed by atoms with Crippen LogP contribution in [0.1, 0.15) is 5.56 Å². The summed E-state index contributed by atoms with van der Waals surface area (Å²) in [4.78, 5) is 27.3. The second-order valence-corrected chi connectivity index (χ2v) is 6.73. The summed E-state index contributed by atoms with van der Waals surface area (Å²) < 4.78 is 8.26. The van der Waals surface area contributed by atoms with Gasteiger partial charge in [0.2, 0.25) is 0 Å². The van der Waals surface area contributed by atoms with E-state index < -0.39 is 10.8 Å². The summed E-state index contributed by atoms with van der Waals surface area (Å²) >= 11 is 1.39. The van der Waals surface area contributed by atoms with Gasteiger partial charge in [-0.3, -0.25) is 14.9 Å². The molecular weight excluding hydrogens is 378 g/mol. The Hall–Kier alpha value is -3.52. The number of fused-ring (bicyclic) bond motifs is 1. The Bertz CT molecular complexity index is 1140. The van der Waals surface area contributed by atoms with E-state index in [0.717, 1.165) is 10.2 Å². The smallest absolute Gasteiger partial charge is 0.272 e. The van der Waals surface area contributed by atoms with E-state index in [1.54, 1.807) is 31.4 Å². The molecule has 0 aliphatic carbocycles. The van der Waals surface area contributed by atoms with E-state index in [1.807, 2.05) is 22.8 Å². The number of nitro benzene ring substituents is 1. The quantitative estimate of drug-likeness (QED) is 0.274. The molecule has 0 N–H and O–H groups in total. The van der Waals surface area contributed by atoms with E-state index in [0.29, 0.717) is 22.7 Å². The van der Waals surface area contributed by atoms with Crippen LogP contribution >= 0.6 is 11.3 Å². The molecule has 1 heterocycles. The van der Waals surface area contributed by atoms with Crippen molar-refractivity contribution in [3.63, 3.8) is 0 Å². The second-order valence-electron chi connectivity index (χ2n) is 5.72. The van der Waals surface area contributed by atoms with Crippen molar-refractivity contribution < 1.29 is 14.5 Å². The molecule has 7 nitrogen and oxygen atoms in total. The minimum absolute atomic E-state index is 0.00199. The lowest BCUT2D eigenvalue weighted by atomic mass is 10.2. The molecule has 1 amide bonds. The van der Waals surface area contributed by atoms with Gasteiger partial charge in [0.05, 0.1) is 16.7 Å². The van der Waals surface area contributed by atoms with Crippen LogP contribution in [0.25, 0.3) is 16.3 Å². The molecule has 0 fully saturated rings. The number of hydrogen-bond acceptors (Lipinski definition) is 5. The molecule has 142 valence electrons. The van der Waals surface area contributed by atoms with Gasteiger partial charge in [0.1, 0.15) is 11.3 Å². The molecule has 0 atom stereocenters. The number of allylic oxidation sites excluding steroid dienone is 1. The zero-order chi connectivity index (χ0) is 20.1. The SMILES string of the molecule is C=CCn1c(=NC(=O)C=Cc2ccc([N+](=O)[O-])cc2)sc2cccc(OC)c21. The number of thiazole rings is 1. The summed E-state index contributed by atoms with van der Waals surface area (Å²) in [6.07, 6.45) is 4.64. The fraction of sp³-hybridized carbons (Fsp3) is 0.100. The normalized spacial score (nSPS) is 11.8. The number of carbonyl (C=O) groups excluding carboxylic acids is 1. The average molecular weight is 395 g/mol. The topological polar surface area (TPSA) is 86.7 Å². The van der Waals surface area contributed by atoms with E-state index in [4.69, 9.17) is 4.74 Å². The zero-order valence-electron chi connectivity index (χ0n) is 15.1. The minimum Gasteiger partial charge on any atom is -0.495 e. The molecule has 8 heteroatoms. The number of non-ortho nitro benzene ring substituents is 1. The standard InChI is InChI=1S/C20H17N3O4S/c1-3-13-22-19-16(27-2)5-4-6-17(19)28-20(22)21-18(24)12-9-14-7-10-15(11-8-14)23(25)26/h3-12H,1,13H2,2H3. The summed E-state index contributed by atoms with van der Waals surface area (Å²) in [6.45, 7) is 4.25. The van der Waals surface area contributed by atoms with Crippen LogP contribution in [-0.2, 0) is 11.3 Å². The number of nitro groups is 1. The van der Waals surface area contributed by atoms with Gasteiger partial charge in [0.25, 0.3) is 11.6 Å². The molecule has 1 aromatic heterocycles. The van der Waals surface area contributed by atoms with E-state index in [2.05, 4.69) is 11.6 Å². The predicted octanol–water partition coefficient (Wildman–Crippen LogP) is 3.95. The van der Waals surface area contributed by atoms with Crippen molar-refractivity contribution >= 4 is 39.2 Å². The van der Waals surface area contributed by atoms with Crippen LogP contribution in [0.4, 0.5) is 5.69 Å². The first-order valence-electron chi connectivity index (χ1n) is 8.32. The van der Waals surface area contributed by atoms with Crippen LogP contribution in [0.5, 0.6) is 5.75 Å². The third-order valence-corrected chi connectivity index (χ3v) is 4.97. The number of rotatable bonds is 6. The summed E-state index contributed by atoms with van der Waals surface area (Å²) in [5.74, 6) is 0.271. The third-order valence-electron chi connectivity index (χ3n) is 3.92. The Balaban J connectivity index is 1.94. The molecule has 0 bridgehead atoms. The second kappa shape index (κ2) is 8.45. The first-order chi connectivity index (χ1) is 13.5. The van der Waals surface area contributed by atoms with Crippen molar-refractivity contribution in [3.05, 3.63) is 81.7 Å². The molecule has 0 unspecified atom stereocenters. The van der Waals surface area contributed by atoms with Gasteiger partial charge in [-0.25, -0.2) is 0 Å². The summed E-state index contributed by atoms with van der Waals surface area (Å²) in [6, 6.07) is 11.6. The van der Waals surface area contributed by atoms with Gasteiger partial charge in [-0.2, -0.15) is 4.99 Å². The van der Waals surface area contributed by atoms with Crippen LogP contribution in [0, 0.1) is 10.1 Å².